The smallest absolute Gasteiger partial charge is 0.0522 e. The molecule has 1 aliphatic rings. The van der Waals surface area contributed by atoms with Crippen LogP contribution in [-0.2, 0) is 13.5 Å². The summed E-state index contributed by atoms with van der Waals surface area (Å²) in [6.45, 7) is 7.05. The first kappa shape index (κ1) is 13.6. The molecule has 0 aromatic carbocycles. The summed E-state index contributed by atoms with van der Waals surface area (Å²) in [5.41, 5.74) is 1.32. The minimum absolute atomic E-state index is 0.666. The Kier molecular flexibility index (Phi) is 5.20. The minimum Gasteiger partial charge on any atom is -0.315 e. The molecule has 1 unspecified atom stereocenters. The molecular weight excluding hydrogens is 224 g/mol. The highest BCUT2D eigenvalue weighted by Gasteiger charge is 2.15. The number of hydrogen-bond donors (Lipinski definition) is 1. The molecule has 18 heavy (non-hydrogen) atoms. The Labute approximate surface area is 110 Å². The van der Waals surface area contributed by atoms with Gasteiger partial charge >= 0.3 is 0 Å². The van der Waals surface area contributed by atoms with Gasteiger partial charge in [0.1, 0.15) is 0 Å². The van der Waals surface area contributed by atoms with E-state index in [1.807, 2.05) is 17.9 Å². The summed E-state index contributed by atoms with van der Waals surface area (Å²) < 4.78 is 1.87. The number of aryl methyl sites for hydroxylation is 1. The van der Waals surface area contributed by atoms with Crippen molar-refractivity contribution in [3.8, 4) is 0 Å². The van der Waals surface area contributed by atoms with E-state index in [0.29, 0.717) is 6.04 Å². The van der Waals surface area contributed by atoms with Crippen LogP contribution in [0.15, 0.2) is 12.4 Å². The number of piperidine rings is 1. The molecule has 0 bridgehead atoms. The highest BCUT2D eigenvalue weighted by atomic mass is 15.2. The van der Waals surface area contributed by atoms with Crippen LogP contribution in [0.1, 0.15) is 31.7 Å². The van der Waals surface area contributed by atoms with Crippen molar-refractivity contribution in [3.05, 3.63) is 18.0 Å². The van der Waals surface area contributed by atoms with E-state index < -0.39 is 0 Å². The summed E-state index contributed by atoms with van der Waals surface area (Å²) in [5, 5.41) is 7.75. The molecular formula is C14H26N4. The number of likely N-dealkylation sites (tertiary alicyclic amines) is 1. The maximum Gasteiger partial charge on any atom is 0.0522 e. The lowest BCUT2D eigenvalue weighted by atomic mass is 10.1. The largest absolute Gasteiger partial charge is 0.315 e. The molecule has 1 N–H and O–H groups in total. The summed E-state index contributed by atoms with van der Waals surface area (Å²) in [6.07, 6.45) is 9.28. The van der Waals surface area contributed by atoms with Gasteiger partial charge in [-0.1, -0.05) is 6.42 Å². The molecule has 1 fully saturated rings. The van der Waals surface area contributed by atoms with Crippen LogP contribution in [0.2, 0.25) is 0 Å². The normalized spacial score (nSPS) is 19.0. The third-order valence-corrected chi connectivity index (χ3v) is 3.80. The van der Waals surface area contributed by atoms with Gasteiger partial charge in [-0.05, 0) is 51.4 Å². The van der Waals surface area contributed by atoms with Gasteiger partial charge in [-0.3, -0.25) is 9.58 Å². The van der Waals surface area contributed by atoms with Gasteiger partial charge in [0, 0.05) is 25.8 Å². The predicted molar refractivity (Wildman–Crippen MR) is 74.7 cm³/mol. The average Bonchev–Trinajstić information content (AvgIpc) is 2.81. The molecule has 0 aliphatic carbocycles. The van der Waals surface area contributed by atoms with E-state index in [4.69, 9.17) is 0 Å². The lowest BCUT2D eigenvalue weighted by Gasteiger charge is -2.32. The van der Waals surface area contributed by atoms with Crippen LogP contribution in [0.25, 0.3) is 0 Å². The van der Waals surface area contributed by atoms with Crippen molar-refractivity contribution >= 4 is 0 Å². The van der Waals surface area contributed by atoms with E-state index in [1.54, 1.807) is 0 Å². The summed E-state index contributed by atoms with van der Waals surface area (Å²) in [5.74, 6) is 0. The van der Waals surface area contributed by atoms with Crippen molar-refractivity contribution in [1.29, 1.82) is 0 Å². The summed E-state index contributed by atoms with van der Waals surface area (Å²) in [6, 6.07) is 0.666. The standard InChI is InChI=1S/C14H26N4/c1-13(18-8-4-3-5-9-18)10-15-7-6-14-11-16-17(2)12-14/h11-13,15H,3-10H2,1-2H3. The van der Waals surface area contributed by atoms with E-state index in [2.05, 4.69) is 28.4 Å². The van der Waals surface area contributed by atoms with Crippen molar-refractivity contribution < 1.29 is 0 Å². The Hall–Kier alpha value is -0.870. The molecule has 0 amide bonds. The summed E-state index contributed by atoms with van der Waals surface area (Å²) in [4.78, 5) is 2.61. The second kappa shape index (κ2) is 6.90. The van der Waals surface area contributed by atoms with Gasteiger partial charge in [-0.15, -0.1) is 0 Å². The molecule has 0 spiro atoms. The molecule has 102 valence electrons. The average molecular weight is 250 g/mol. The molecule has 1 aliphatic heterocycles. The second-order valence-electron chi connectivity index (χ2n) is 5.42. The third kappa shape index (κ3) is 4.10. The Morgan fingerprint density at radius 1 is 1.33 bits per heavy atom. The number of hydrogen-bond acceptors (Lipinski definition) is 3. The van der Waals surface area contributed by atoms with Crippen molar-refractivity contribution in [2.24, 2.45) is 7.05 Å². The number of nitrogens with zero attached hydrogens (tertiary/aromatic N) is 3. The van der Waals surface area contributed by atoms with E-state index in [-0.39, 0.29) is 0 Å². The van der Waals surface area contributed by atoms with Gasteiger partial charge in [0.05, 0.1) is 6.20 Å². The molecule has 2 rings (SSSR count). The lowest BCUT2D eigenvalue weighted by Crippen LogP contribution is -2.43. The van der Waals surface area contributed by atoms with Crippen LogP contribution in [0, 0.1) is 0 Å². The van der Waals surface area contributed by atoms with Gasteiger partial charge in [-0.25, -0.2) is 0 Å². The Morgan fingerprint density at radius 2 is 2.11 bits per heavy atom. The maximum absolute atomic E-state index is 4.18. The third-order valence-electron chi connectivity index (χ3n) is 3.80. The highest BCUT2D eigenvalue weighted by molar-refractivity contribution is 5.03. The van der Waals surface area contributed by atoms with Crippen molar-refractivity contribution in [2.75, 3.05) is 26.2 Å². The van der Waals surface area contributed by atoms with E-state index in [0.717, 1.165) is 19.5 Å². The van der Waals surface area contributed by atoms with Crippen LogP contribution in [0.3, 0.4) is 0 Å². The Bertz CT molecular complexity index is 341. The van der Waals surface area contributed by atoms with Gasteiger partial charge < -0.3 is 5.32 Å². The molecule has 2 heterocycles. The Morgan fingerprint density at radius 3 is 2.78 bits per heavy atom. The van der Waals surface area contributed by atoms with Crippen molar-refractivity contribution in [3.63, 3.8) is 0 Å². The predicted octanol–water partition coefficient (Wildman–Crippen LogP) is 1.43. The van der Waals surface area contributed by atoms with E-state index >= 15 is 0 Å². The molecule has 0 saturated carbocycles. The summed E-state index contributed by atoms with van der Waals surface area (Å²) in [7, 11) is 1.97. The van der Waals surface area contributed by atoms with Crippen LogP contribution < -0.4 is 5.32 Å². The van der Waals surface area contributed by atoms with Crippen LogP contribution in [-0.4, -0.2) is 46.9 Å². The lowest BCUT2D eigenvalue weighted by molar-refractivity contribution is 0.171. The fraction of sp³-hybridized carbons (Fsp3) is 0.786. The number of rotatable bonds is 6. The van der Waals surface area contributed by atoms with Crippen LogP contribution in [0.5, 0.6) is 0 Å². The molecule has 1 aromatic rings. The topological polar surface area (TPSA) is 33.1 Å². The zero-order chi connectivity index (χ0) is 12.8. The monoisotopic (exact) mass is 250 g/mol. The summed E-state index contributed by atoms with van der Waals surface area (Å²) >= 11 is 0. The molecule has 0 radical (unpaired) electrons. The van der Waals surface area contributed by atoms with Crippen LogP contribution in [0.4, 0.5) is 0 Å². The SMILES string of the molecule is CC(CNCCc1cnn(C)c1)N1CCCCC1. The second-order valence-corrected chi connectivity index (χ2v) is 5.42. The molecule has 4 heteroatoms. The first-order valence-corrected chi connectivity index (χ1v) is 7.18. The fourth-order valence-electron chi connectivity index (χ4n) is 2.63. The van der Waals surface area contributed by atoms with E-state index in [9.17, 15) is 0 Å². The van der Waals surface area contributed by atoms with Crippen LogP contribution >= 0.6 is 0 Å². The van der Waals surface area contributed by atoms with Crippen molar-refractivity contribution in [1.82, 2.24) is 20.0 Å². The fourth-order valence-corrected chi connectivity index (χ4v) is 2.63. The molecule has 4 nitrogen and oxygen atoms in total. The first-order chi connectivity index (χ1) is 8.75. The molecule has 1 atom stereocenters. The number of aromatic nitrogens is 2. The minimum atomic E-state index is 0.666. The Balaban J connectivity index is 1.59. The highest BCUT2D eigenvalue weighted by Crippen LogP contribution is 2.11. The molecule has 1 saturated heterocycles. The number of nitrogens with one attached hydrogen (secondary N) is 1. The van der Waals surface area contributed by atoms with Gasteiger partial charge in [0.25, 0.3) is 0 Å². The van der Waals surface area contributed by atoms with Gasteiger partial charge in [0.2, 0.25) is 0 Å². The van der Waals surface area contributed by atoms with Gasteiger partial charge in [-0.2, -0.15) is 5.10 Å². The maximum atomic E-state index is 4.18. The zero-order valence-corrected chi connectivity index (χ0v) is 11.7. The van der Waals surface area contributed by atoms with E-state index in [1.165, 1.54) is 37.9 Å². The molecule has 1 aromatic heterocycles. The van der Waals surface area contributed by atoms with Crippen molar-refractivity contribution in [2.45, 2.75) is 38.6 Å². The quantitative estimate of drug-likeness (QED) is 0.775. The first-order valence-electron chi connectivity index (χ1n) is 7.18. The zero-order valence-electron chi connectivity index (χ0n) is 11.7. The van der Waals surface area contributed by atoms with Gasteiger partial charge in [0.15, 0.2) is 0 Å².